The summed E-state index contributed by atoms with van der Waals surface area (Å²) >= 11 is 0. The number of carboxylic acid groups (broad SMARTS) is 1. The lowest BCUT2D eigenvalue weighted by atomic mass is 10.00. The van der Waals surface area contributed by atoms with E-state index in [0.717, 1.165) is 10.9 Å². The molecule has 6 rings (SSSR count). The van der Waals surface area contributed by atoms with Crippen molar-refractivity contribution < 1.29 is 43.5 Å². The third-order valence-corrected chi connectivity index (χ3v) is 9.51. The van der Waals surface area contributed by atoms with Gasteiger partial charge in [-0.25, -0.2) is 0 Å². The number of aliphatic carboxylic acids is 1. The third-order valence-electron chi connectivity index (χ3n) is 9.51. The number of carbonyl (C=O) groups is 8. The van der Waals surface area contributed by atoms with Crippen molar-refractivity contribution in [3.05, 3.63) is 71.9 Å². The average Bonchev–Trinajstić information content (AvgIpc) is 4.01. The minimum Gasteiger partial charge on any atom is -0.481 e. The Bertz CT molecular complexity index is 1960. The van der Waals surface area contributed by atoms with Crippen LogP contribution in [0.3, 0.4) is 0 Å². The molecule has 1 aromatic heterocycles. The molecule has 3 fully saturated rings. The highest BCUT2D eigenvalue weighted by Crippen LogP contribution is 2.20. The number of aromatic amines is 1. The summed E-state index contributed by atoms with van der Waals surface area (Å²) in [6.07, 6.45) is 4.52. The molecule has 0 spiro atoms. The van der Waals surface area contributed by atoms with Gasteiger partial charge < -0.3 is 47.3 Å². The van der Waals surface area contributed by atoms with Crippen LogP contribution in [-0.2, 0) is 51.2 Å². The maximum atomic E-state index is 14.2. The lowest BCUT2D eigenvalue weighted by Crippen LogP contribution is -2.64. The first-order valence-corrected chi connectivity index (χ1v) is 19.2. The van der Waals surface area contributed by atoms with Crippen molar-refractivity contribution in [1.29, 1.82) is 0 Å². The minimum absolute atomic E-state index is 0.0190. The molecular weight excluding hydrogens is 736 g/mol. The number of aromatic nitrogens is 1. The zero-order valence-corrected chi connectivity index (χ0v) is 31.9. The molecule has 3 aliphatic rings. The van der Waals surface area contributed by atoms with Crippen molar-refractivity contribution in [3.8, 4) is 0 Å². The summed E-state index contributed by atoms with van der Waals surface area (Å²) in [6.45, 7) is 3.07. The van der Waals surface area contributed by atoms with E-state index in [1.807, 2.05) is 18.2 Å². The van der Waals surface area contributed by atoms with E-state index in [1.54, 1.807) is 56.4 Å². The van der Waals surface area contributed by atoms with Crippen molar-refractivity contribution in [1.82, 2.24) is 42.2 Å². The Labute approximate surface area is 329 Å². The summed E-state index contributed by atoms with van der Waals surface area (Å²) in [6, 6.07) is 7.27. The van der Waals surface area contributed by atoms with Crippen LogP contribution >= 0.6 is 0 Å². The van der Waals surface area contributed by atoms with Crippen LogP contribution in [0.5, 0.6) is 0 Å². The van der Waals surface area contributed by atoms with E-state index in [4.69, 9.17) is 0 Å². The van der Waals surface area contributed by atoms with Crippen LogP contribution < -0.4 is 37.2 Å². The highest BCUT2D eigenvalue weighted by Gasteiger charge is 2.37. The van der Waals surface area contributed by atoms with Gasteiger partial charge in [-0.05, 0) is 29.5 Å². The molecule has 17 nitrogen and oxygen atoms in total. The number of hydrogen-bond acceptors (Lipinski definition) is 8. The number of carbonyl (C=O) groups excluding carboxylic acids is 7. The molecule has 3 heterocycles. The number of rotatable bonds is 8. The van der Waals surface area contributed by atoms with E-state index < -0.39 is 103 Å². The number of nitrogens with one attached hydrogen (secondary N) is 8. The number of H-pyrrole nitrogens is 1. The Morgan fingerprint density at radius 2 is 1.19 bits per heavy atom. The summed E-state index contributed by atoms with van der Waals surface area (Å²) in [4.78, 5) is 112. The third kappa shape index (κ3) is 12.4. The van der Waals surface area contributed by atoms with Gasteiger partial charge in [0.25, 0.3) is 0 Å². The minimum atomic E-state index is -1.72. The van der Waals surface area contributed by atoms with Crippen LogP contribution in [0.4, 0.5) is 0 Å². The average molecular weight is 787 g/mol. The first-order valence-electron chi connectivity index (χ1n) is 19.2. The molecular formula is C40H50N8O9. The smallest absolute Gasteiger partial charge is 0.305 e. The molecule has 1 saturated carbocycles. The Hall–Kier alpha value is -6.26. The number of amides is 7. The Morgan fingerprint density at radius 1 is 0.649 bits per heavy atom. The lowest BCUT2D eigenvalue weighted by Gasteiger charge is -2.30. The summed E-state index contributed by atoms with van der Waals surface area (Å²) < 4.78 is 0. The van der Waals surface area contributed by atoms with Crippen molar-refractivity contribution >= 4 is 58.2 Å². The van der Waals surface area contributed by atoms with Gasteiger partial charge in [0.2, 0.25) is 41.4 Å². The quantitative estimate of drug-likeness (QED) is 0.150. The van der Waals surface area contributed by atoms with Gasteiger partial charge in [-0.1, -0.05) is 81.6 Å². The van der Waals surface area contributed by atoms with Crippen molar-refractivity contribution in [2.24, 2.45) is 5.92 Å². The van der Waals surface area contributed by atoms with Gasteiger partial charge in [0, 0.05) is 36.5 Å². The molecule has 2 saturated heterocycles. The van der Waals surface area contributed by atoms with E-state index >= 15 is 0 Å². The van der Waals surface area contributed by atoms with Crippen LogP contribution in [-0.4, -0.2) is 100 Å². The molecule has 2 aromatic carbocycles. The summed E-state index contributed by atoms with van der Waals surface area (Å²) in [5.41, 5.74) is 2.06. The first-order chi connectivity index (χ1) is 27.3. The van der Waals surface area contributed by atoms with Crippen LogP contribution in [0, 0.1) is 5.92 Å². The number of carboxylic acids is 1. The fourth-order valence-corrected chi connectivity index (χ4v) is 6.40. The van der Waals surface area contributed by atoms with E-state index in [-0.39, 0.29) is 25.2 Å². The first kappa shape index (κ1) is 41.9. The van der Waals surface area contributed by atoms with E-state index in [2.05, 4.69) is 42.2 Å². The predicted molar refractivity (Wildman–Crippen MR) is 207 cm³/mol. The Kier molecular flexibility index (Phi) is 14.4. The number of para-hydroxylation sites is 1. The summed E-state index contributed by atoms with van der Waals surface area (Å²) in [7, 11) is 0. The van der Waals surface area contributed by atoms with Gasteiger partial charge in [-0.3, -0.25) is 38.4 Å². The second-order valence-electron chi connectivity index (χ2n) is 14.9. The van der Waals surface area contributed by atoms with Crippen LogP contribution in [0.1, 0.15) is 63.5 Å². The fraction of sp³-hybridized carbons (Fsp3) is 0.450. The number of fused-ring (bicyclic) bond motifs is 6. The zero-order chi connectivity index (χ0) is 41.1. The zero-order valence-electron chi connectivity index (χ0n) is 31.9. The molecule has 2 bridgehead atoms. The number of benzene rings is 2. The molecule has 9 N–H and O–H groups in total. The predicted octanol–water partition coefficient (Wildman–Crippen LogP) is 0.0865. The van der Waals surface area contributed by atoms with Gasteiger partial charge >= 0.3 is 5.97 Å². The molecule has 7 amide bonds. The maximum absolute atomic E-state index is 14.2. The Morgan fingerprint density at radius 3 is 1.88 bits per heavy atom. The monoisotopic (exact) mass is 786 g/mol. The molecule has 2 aliphatic heterocycles. The molecule has 3 aromatic rings. The largest absolute Gasteiger partial charge is 0.481 e. The lowest BCUT2D eigenvalue weighted by molar-refractivity contribution is -0.142. The van der Waals surface area contributed by atoms with Crippen molar-refractivity contribution in [2.45, 2.75) is 101 Å². The highest BCUT2D eigenvalue weighted by molar-refractivity contribution is 6.00. The van der Waals surface area contributed by atoms with Gasteiger partial charge in [0.05, 0.1) is 12.8 Å². The summed E-state index contributed by atoms with van der Waals surface area (Å²) in [5.74, 6) is -7.80. The molecule has 17 heteroatoms. The SMILES string of the molecule is C1CC1.CC(C)CC1NC(=O)C2CNC(=O)CC(NC(=O)C(CC(=O)O)NC1=O)C(=O)NC(Cc1c[nH]c3ccccc13)C(=O)NC(Cc1ccccc1)C(=O)N2. The van der Waals surface area contributed by atoms with E-state index in [0.29, 0.717) is 11.1 Å². The normalized spacial score (nSPS) is 24.7. The van der Waals surface area contributed by atoms with Gasteiger partial charge in [0.1, 0.15) is 36.3 Å². The van der Waals surface area contributed by atoms with Crippen LogP contribution in [0.25, 0.3) is 10.9 Å². The van der Waals surface area contributed by atoms with Gasteiger partial charge in [-0.15, -0.1) is 0 Å². The van der Waals surface area contributed by atoms with Gasteiger partial charge in [0.15, 0.2) is 0 Å². The Balaban J connectivity index is 0.00000197. The second kappa shape index (κ2) is 19.6. The second-order valence-corrected chi connectivity index (χ2v) is 14.9. The van der Waals surface area contributed by atoms with Crippen molar-refractivity contribution in [2.75, 3.05) is 6.54 Å². The van der Waals surface area contributed by atoms with Crippen molar-refractivity contribution in [3.63, 3.8) is 0 Å². The maximum Gasteiger partial charge on any atom is 0.305 e. The molecule has 6 atom stereocenters. The van der Waals surface area contributed by atoms with Gasteiger partial charge in [-0.2, -0.15) is 0 Å². The van der Waals surface area contributed by atoms with Crippen LogP contribution in [0.15, 0.2) is 60.8 Å². The van der Waals surface area contributed by atoms with E-state index in [9.17, 15) is 43.5 Å². The molecule has 57 heavy (non-hydrogen) atoms. The number of hydrogen-bond donors (Lipinski definition) is 9. The summed E-state index contributed by atoms with van der Waals surface area (Å²) in [5, 5.41) is 28.2. The topological polar surface area (TPSA) is 257 Å². The molecule has 0 radical (unpaired) electrons. The van der Waals surface area contributed by atoms with E-state index in [1.165, 1.54) is 19.3 Å². The van der Waals surface area contributed by atoms with Crippen LogP contribution in [0.2, 0.25) is 0 Å². The molecule has 6 unspecified atom stereocenters. The molecule has 304 valence electrons. The highest BCUT2D eigenvalue weighted by atomic mass is 16.4. The standard InChI is InChI=1S/C37H44N8O9.C3H6/c1-19(2)12-24-32(49)44-28(16-31(47)48)36(53)43-27-15-30(46)39-18-29(37(54)40-24)45-33(50)25(13-20-8-4-3-5-9-20)41-34(51)26(42-35(27)52)14-21-17-38-23-11-7-6-10-22(21)23;1-2-3-1/h3-11,17,19,24-29,38H,12-16,18H2,1-2H3,(H,39,46)(H,40,54)(H,41,51)(H,42,52)(H,43,53)(H,44,49)(H,45,50)(H,47,48);1-3H2. The fourth-order valence-electron chi connectivity index (χ4n) is 6.40. The molecule has 1 aliphatic carbocycles.